The van der Waals surface area contributed by atoms with Gasteiger partial charge in [-0.3, -0.25) is 4.99 Å². The molecule has 0 bridgehead atoms. The summed E-state index contributed by atoms with van der Waals surface area (Å²) >= 11 is 1.99. The minimum absolute atomic E-state index is 0.575. The summed E-state index contributed by atoms with van der Waals surface area (Å²) in [6.07, 6.45) is 12.7. The van der Waals surface area contributed by atoms with Gasteiger partial charge in [0.1, 0.15) is 0 Å². The molecule has 2 aliphatic carbocycles. The van der Waals surface area contributed by atoms with Crippen LogP contribution in [0.4, 0.5) is 0 Å². The summed E-state index contributed by atoms with van der Waals surface area (Å²) in [6, 6.07) is 0. The van der Waals surface area contributed by atoms with E-state index < -0.39 is 0 Å². The van der Waals surface area contributed by atoms with Gasteiger partial charge in [-0.1, -0.05) is 44.4 Å². The normalized spacial score (nSPS) is 28.6. The highest BCUT2D eigenvalue weighted by Gasteiger charge is 2.37. The van der Waals surface area contributed by atoms with Crippen molar-refractivity contribution in [2.45, 2.75) is 64.7 Å². The smallest absolute Gasteiger partial charge is 0.156 e. The Bertz CT molecular complexity index is 339. The highest BCUT2D eigenvalue weighted by molar-refractivity contribution is 8.13. The minimum atomic E-state index is 0.575. The maximum atomic E-state index is 4.86. The zero-order valence-electron chi connectivity index (χ0n) is 12.3. The van der Waals surface area contributed by atoms with Gasteiger partial charge in [0, 0.05) is 18.8 Å². The van der Waals surface area contributed by atoms with Gasteiger partial charge in [0.2, 0.25) is 0 Å². The summed E-state index contributed by atoms with van der Waals surface area (Å²) in [4.78, 5) is 4.86. The molecule has 2 nitrogen and oxygen atoms in total. The Morgan fingerprint density at radius 1 is 1.11 bits per heavy atom. The molecule has 1 spiro atoms. The molecule has 3 heteroatoms. The van der Waals surface area contributed by atoms with Crippen molar-refractivity contribution in [2.24, 2.45) is 15.8 Å². The number of aliphatic imine (C=N–C) groups is 1. The first-order valence-electron chi connectivity index (χ1n) is 8.17. The fourth-order valence-corrected chi connectivity index (χ4v) is 5.28. The largest absolute Gasteiger partial charge is 0.364 e. The number of nitrogens with one attached hydrogen (secondary N) is 1. The second-order valence-electron chi connectivity index (χ2n) is 7.03. The number of hydrogen-bond acceptors (Lipinski definition) is 3. The molecule has 1 N–H and O–H groups in total. The first-order valence-corrected chi connectivity index (χ1v) is 9.16. The number of hydrogen-bond donors (Lipinski definition) is 1. The standard InChI is InChI=1S/C16H28N2S/c1-2-15(7-3-4-8-15)11-17-14-18-12-16(13-19-14)9-5-6-10-16/h2-13H2,1H3,(H,17,18). The van der Waals surface area contributed by atoms with Crippen molar-refractivity contribution < 1.29 is 0 Å². The van der Waals surface area contributed by atoms with E-state index in [1.807, 2.05) is 11.8 Å². The Hall–Kier alpha value is -0.180. The van der Waals surface area contributed by atoms with E-state index >= 15 is 0 Å². The third-order valence-corrected chi connectivity index (χ3v) is 7.07. The minimum Gasteiger partial charge on any atom is -0.364 e. The van der Waals surface area contributed by atoms with Crippen molar-refractivity contribution in [3.8, 4) is 0 Å². The molecular weight excluding hydrogens is 252 g/mol. The Kier molecular flexibility index (Phi) is 4.11. The van der Waals surface area contributed by atoms with Gasteiger partial charge in [0.15, 0.2) is 5.17 Å². The van der Waals surface area contributed by atoms with E-state index in [2.05, 4.69) is 12.2 Å². The maximum Gasteiger partial charge on any atom is 0.156 e. The molecule has 0 atom stereocenters. The molecule has 3 aliphatic rings. The summed E-state index contributed by atoms with van der Waals surface area (Å²) in [7, 11) is 0. The molecule has 0 amide bonds. The average Bonchev–Trinajstić information content (AvgIpc) is 3.09. The average molecular weight is 280 g/mol. The Balaban J connectivity index is 1.52. The molecule has 108 valence electrons. The van der Waals surface area contributed by atoms with Crippen LogP contribution < -0.4 is 5.32 Å². The van der Waals surface area contributed by atoms with Crippen LogP contribution in [0.2, 0.25) is 0 Å². The molecule has 0 radical (unpaired) electrons. The fourth-order valence-electron chi connectivity index (χ4n) is 4.13. The summed E-state index contributed by atoms with van der Waals surface area (Å²) in [5.41, 5.74) is 1.15. The number of thioether (sulfide) groups is 1. The van der Waals surface area contributed by atoms with Gasteiger partial charge >= 0.3 is 0 Å². The lowest BCUT2D eigenvalue weighted by Crippen LogP contribution is -2.38. The molecule has 1 heterocycles. The fraction of sp³-hybridized carbons (Fsp3) is 0.938. The van der Waals surface area contributed by atoms with Gasteiger partial charge in [-0.2, -0.15) is 0 Å². The molecule has 3 rings (SSSR count). The molecule has 0 aromatic rings. The molecule has 2 saturated carbocycles. The SMILES string of the molecule is CCC1(CNC2=NCC3(CCCC3)CS2)CCCC1. The van der Waals surface area contributed by atoms with E-state index in [9.17, 15) is 0 Å². The summed E-state index contributed by atoms with van der Waals surface area (Å²) in [5, 5.41) is 4.91. The topological polar surface area (TPSA) is 24.4 Å². The molecule has 2 fully saturated rings. The molecular formula is C16H28N2S. The van der Waals surface area contributed by atoms with Crippen LogP contribution in [0, 0.1) is 10.8 Å². The summed E-state index contributed by atoms with van der Waals surface area (Å²) in [6.45, 7) is 4.60. The molecule has 0 saturated heterocycles. The van der Waals surface area contributed by atoms with Crippen LogP contribution in [0.25, 0.3) is 0 Å². The third-order valence-electron chi connectivity index (χ3n) is 5.77. The lowest BCUT2D eigenvalue weighted by molar-refractivity contribution is 0.284. The van der Waals surface area contributed by atoms with Crippen LogP contribution in [0.5, 0.6) is 0 Å². The van der Waals surface area contributed by atoms with Crippen molar-refractivity contribution in [1.29, 1.82) is 0 Å². The van der Waals surface area contributed by atoms with Crippen LogP contribution in [-0.4, -0.2) is 24.0 Å². The lowest BCUT2D eigenvalue weighted by Gasteiger charge is -2.33. The quantitative estimate of drug-likeness (QED) is 0.837. The summed E-state index contributed by atoms with van der Waals surface area (Å²) in [5.74, 6) is 1.30. The highest BCUT2D eigenvalue weighted by Crippen LogP contribution is 2.44. The van der Waals surface area contributed by atoms with Gasteiger partial charge in [-0.15, -0.1) is 0 Å². The van der Waals surface area contributed by atoms with Crippen LogP contribution in [0.15, 0.2) is 4.99 Å². The predicted molar refractivity (Wildman–Crippen MR) is 84.9 cm³/mol. The van der Waals surface area contributed by atoms with E-state index in [1.165, 1.54) is 68.7 Å². The van der Waals surface area contributed by atoms with Crippen molar-refractivity contribution in [1.82, 2.24) is 5.32 Å². The van der Waals surface area contributed by atoms with Gasteiger partial charge < -0.3 is 5.32 Å². The second kappa shape index (κ2) is 5.67. The maximum absolute atomic E-state index is 4.86. The number of nitrogens with zero attached hydrogens (tertiary/aromatic N) is 1. The van der Waals surface area contributed by atoms with Crippen molar-refractivity contribution in [3.63, 3.8) is 0 Å². The van der Waals surface area contributed by atoms with E-state index in [0.29, 0.717) is 10.8 Å². The van der Waals surface area contributed by atoms with E-state index in [0.717, 1.165) is 13.1 Å². The molecule has 0 aromatic carbocycles. The first kappa shape index (κ1) is 13.8. The monoisotopic (exact) mass is 280 g/mol. The van der Waals surface area contributed by atoms with Crippen molar-refractivity contribution >= 4 is 16.9 Å². The highest BCUT2D eigenvalue weighted by atomic mass is 32.2. The molecule has 0 unspecified atom stereocenters. The molecule has 0 aromatic heterocycles. The van der Waals surface area contributed by atoms with Crippen molar-refractivity contribution in [3.05, 3.63) is 0 Å². The molecule has 19 heavy (non-hydrogen) atoms. The lowest BCUT2D eigenvalue weighted by atomic mass is 9.83. The van der Waals surface area contributed by atoms with Gasteiger partial charge in [-0.25, -0.2) is 0 Å². The zero-order valence-corrected chi connectivity index (χ0v) is 13.2. The van der Waals surface area contributed by atoms with Gasteiger partial charge in [0.25, 0.3) is 0 Å². The summed E-state index contributed by atoms with van der Waals surface area (Å²) < 4.78 is 0. The Morgan fingerprint density at radius 2 is 1.79 bits per heavy atom. The van der Waals surface area contributed by atoms with Crippen LogP contribution in [-0.2, 0) is 0 Å². The van der Waals surface area contributed by atoms with Crippen molar-refractivity contribution in [2.75, 3.05) is 18.8 Å². The molecule has 1 aliphatic heterocycles. The van der Waals surface area contributed by atoms with Crippen LogP contribution in [0.3, 0.4) is 0 Å². The van der Waals surface area contributed by atoms with E-state index in [-0.39, 0.29) is 0 Å². The second-order valence-corrected chi connectivity index (χ2v) is 8.00. The zero-order chi connectivity index (χ0) is 13.2. The van der Waals surface area contributed by atoms with Gasteiger partial charge in [-0.05, 0) is 42.9 Å². The Morgan fingerprint density at radius 3 is 2.37 bits per heavy atom. The first-order chi connectivity index (χ1) is 9.26. The Labute approximate surface area is 122 Å². The van der Waals surface area contributed by atoms with E-state index in [4.69, 9.17) is 4.99 Å². The van der Waals surface area contributed by atoms with Crippen LogP contribution >= 0.6 is 11.8 Å². The van der Waals surface area contributed by atoms with Crippen LogP contribution in [0.1, 0.15) is 64.7 Å². The number of amidine groups is 1. The predicted octanol–water partition coefficient (Wildman–Crippen LogP) is 4.21. The van der Waals surface area contributed by atoms with E-state index in [1.54, 1.807) is 0 Å². The number of rotatable bonds is 3. The third kappa shape index (κ3) is 2.96. The van der Waals surface area contributed by atoms with Gasteiger partial charge in [0.05, 0.1) is 0 Å².